The Kier molecular flexibility index (Phi) is 3.76. The second kappa shape index (κ2) is 5.80. The Morgan fingerprint density at radius 1 is 0.667 bits per heavy atom. The molecule has 0 saturated heterocycles. The van der Waals surface area contributed by atoms with Gasteiger partial charge in [0.2, 0.25) is 0 Å². The summed E-state index contributed by atoms with van der Waals surface area (Å²) in [6, 6.07) is 5.09. The summed E-state index contributed by atoms with van der Waals surface area (Å²) < 4.78 is 111. The molecule has 3 aromatic rings. The highest BCUT2D eigenvalue weighted by Gasteiger charge is 2.39. The molecule has 0 heterocycles. The van der Waals surface area contributed by atoms with Gasteiger partial charge in [0, 0.05) is 11.6 Å². The Bertz CT molecular complexity index is 1160. The third kappa shape index (κ3) is 2.28. The lowest BCUT2D eigenvalue weighted by atomic mass is 9.90. The van der Waals surface area contributed by atoms with Gasteiger partial charge in [-0.1, -0.05) is 18.2 Å². The summed E-state index contributed by atoms with van der Waals surface area (Å²) in [6.07, 6.45) is 0. The van der Waals surface area contributed by atoms with Gasteiger partial charge in [0.25, 0.3) is 0 Å². The number of benzene rings is 3. The van der Waals surface area contributed by atoms with E-state index in [2.05, 4.69) is 0 Å². The maximum absolute atomic E-state index is 14.8. The lowest BCUT2D eigenvalue weighted by Crippen LogP contribution is -2.05. The molecule has 0 fully saturated rings. The fourth-order valence-electron chi connectivity index (χ4n) is 3.23. The van der Waals surface area contributed by atoms with Gasteiger partial charge in [0.05, 0.1) is 16.9 Å². The number of fused-ring (bicyclic) bond motifs is 2. The first-order valence-corrected chi connectivity index (χ1v) is 7.45. The number of allylic oxidation sites excluding steroid dienone is 1. The molecule has 4 rings (SSSR count). The molecule has 8 heteroatoms. The fraction of sp³-hybridized carbons (Fsp3) is 0.0526. The van der Waals surface area contributed by atoms with E-state index in [1.54, 1.807) is 6.07 Å². The third-order valence-electron chi connectivity index (χ3n) is 4.45. The monoisotopic (exact) mass is 385 g/mol. The van der Waals surface area contributed by atoms with E-state index < -0.39 is 79.9 Å². The highest BCUT2D eigenvalue weighted by atomic mass is 19.2. The third-order valence-corrected chi connectivity index (χ3v) is 4.45. The summed E-state index contributed by atoms with van der Waals surface area (Å²) in [4.78, 5) is 0. The maximum Gasteiger partial charge on any atom is 0.195 e. The van der Waals surface area contributed by atoms with Gasteiger partial charge in [-0.05, 0) is 17.0 Å². The quantitative estimate of drug-likeness (QED) is 0.344. The summed E-state index contributed by atoms with van der Waals surface area (Å²) in [6.45, 7) is 0. The van der Waals surface area contributed by atoms with Crippen LogP contribution >= 0.6 is 0 Å². The fourth-order valence-corrected chi connectivity index (χ4v) is 3.23. The van der Waals surface area contributed by atoms with Crippen molar-refractivity contribution in [3.63, 3.8) is 0 Å². The molecule has 0 amide bonds. The summed E-state index contributed by atoms with van der Waals surface area (Å²) in [5, 5.41) is -1.49. The first kappa shape index (κ1) is 17.5. The lowest BCUT2D eigenvalue weighted by Gasteiger charge is -2.15. The zero-order valence-corrected chi connectivity index (χ0v) is 12.9. The van der Waals surface area contributed by atoms with Crippen LogP contribution in [0.1, 0.15) is 22.6 Å². The molecule has 27 heavy (non-hydrogen) atoms. The second-order valence-electron chi connectivity index (χ2n) is 5.88. The molecule has 0 saturated carbocycles. The molecule has 0 bridgehead atoms. The van der Waals surface area contributed by atoms with Crippen LogP contribution < -0.4 is 0 Å². The number of hydrogen-bond donors (Lipinski definition) is 0. The van der Waals surface area contributed by atoms with Crippen molar-refractivity contribution in [1.29, 1.82) is 0 Å². The molecule has 1 aliphatic rings. The molecule has 0 aliphatic heterocycles. The zero-order valence-electron chi connectivity index (χ0n) is 12.9. The highest BCUT2D eigenvalue weighted by molar-refractivity contribution is 5.85. The summed E-state index contributed by atoms with van der Waals surface area (Å²) in [7, 11) is 0. The van der Waals surface area contributed by atoms with Crippen LogP contribution in [0.3, 0.4) is 0 Å². The van der Waals surface area contributed by atoms with Crippen LogP contribution in [-0.2, 0) is 0 Å². The normalized spacial score (nSPS) is 16.4. The van der Waals surface area contributed by atoms with Gasteiger partial charge < -0.3 is 0 Å². The van der Waals surface area contributed by atoms with Crippen molar-refractivity contribution < 1.29 is 35.1 Å². The van der Waals surface area contributed by atoms with Crippen LogP contribution in [0.5, 0.6) is 0 Å². The van der Waals surface area contributed by atoms with E-state index >= 15 is 0 Å². The molecule has 0 N–H and O–H groups in total. The second-order valence-corrected chi connectivity index (χ2v) is 5.88. The van der Waals surface area contributed by atoms with Gasteiger partial charge in [-0.15, -0.1) is 0 Å². The molecule has 3 aromatic carbocycles. The van der Waals surface area contributed by atoms with Crippen molar-refractivity contribution in [2.45, 2.75) is 5.92 Å². The molecule has 1 atom stereocenters. The Morgan fingerprint density at radius 2 is 1.33 bits per heavy atom. The van der Waals surface area contributed by atoms with Crippen molar-refractivity contribution in [3.05, 3.63) is 87.8 Å². The van der Waals surface area contributed by atoms with Gasteiger partial charge in [-0.2, -0.15) is 0 Å². The van der Waals surface area contributed by atoms with Crippen LogP contribution in [0.15, 0.2) is 30.1 Å². The highest BCUT2D eigenvalue weighted by Crippen LogP contribution is 2.49. The summed E-state index contributed by atoms with van der Waals surface area (Å²) in [5.74, 6) is -15.3. The summed E-state index contributed by atoms with van der Waals surface area (Å²) >= 11 is 0. The topological polar surface area (TPSA) is 0 Å². The van der Waals surface area contributed by atoms with E-state index in [0.29, 0.717) is 6.07 Å². The largest absolute Gasteiger partial charge is 0.208 e. The molecule has 1 unspecified atom stereocenters. The Balaban J connectivity index is 2.03. The van der Waals surface area contributed by atoms with Crippen LogP contribution in [-0.4, -0.2) is 0 Å². The SMILES string of the molecule is FC1=C(F)C(c2ccc3[c]c(F)c(F)c(F)c3c2F)c2ccc(F)c(F)c21. The van der Waals surface area contributed by atoms with Crippen LogP contribution in [0.4, 0.5) is 35.1 Å². The predicted molar refractivity (Wildman–Crippen MR) is 80.0 cm³/mol. The first-order valence-electron chi connectivity index (χ1n) is 7.45. The van der Waals surface area contributed by atoms with E-state index in [0.717, 1.165) is 18.2 Å². The molecule has 0 spiro atoms. The van der Waals surface area contributed by atoms with Gasteiger partial charge in [-0.25, -0.2) is 35.1 Å². The van der Waals surface area contributed by atoms with E-state index in [1.807, 2.05) is 0 Å². The average molecular weight is 385 g/mol. The Labute approximate surface area is 146 Å². The molecular formula is C19H5F8. The number of halogens is 8. The summed E-state index contributed by atoms with van der Waals surface area (Å²) in [5.41, 5.74) is -2.08. The maximum atomic E-state index is 14.8. The average Bonchev–Trinajstić information content (AvgIpc) is 2.88. The van der Waals surface area contributed by atoms with E-state index in [4.69, 9.17) is 0 Å². The van der Waals surface area contributed by atoms with Crippen molar-refractivity contribution in [2.75, 3.05) is 0 Å². The molecule has 0 aromatic heterocycles. The Hall–Kier alpha value is -2.90. The smallest absolute Gasteiger partial charge is 0.195 e. The minimum absolute atomic E-state index is 0.422. The molecule has 137 valence electrons. The van der Waals surface area contributed by atoms with Crippen molar-refractivity contribution in [3.8, 4) is 0 Å². The van der Waals surface area contributed by atoms with Crippen molar-refractivity contribution >= 4 is 16.6 Å². The van der Waals surface area contributed by atoms with E-state index in [9.17, 15) is 35.1 Å². The van der Waals surface area contributed by atoms with Crippen LogP contribution in [0, 0.1) is 41.0 Å². The van der Waals surface area contributed by atoms with Crippen LogP contribution in [0.2, 0.25) is 0 Å². The number of hydrogen-bond acceptors (Lipinski definition) is 0. The van der Waals surface area contributed by atoms with Crippen molar-refractivity contribution in [1.82, 2.24) is 0 Å². The minimum Gasteiger partial charge on any atom is -0.208 e. The Morgan fingerprint density at radius 3 is 2.04 bits per heavy atom. The van der Waals surface area contributed by atoms with Gasteiger partial charge >= 0.3 is 0 Å². The molecule has 1 radical (unpaired) electrons. The van der Waals surface area contributed by atoms with Gasteiger partial charge in [-0.3, -0.25) is 0 Å². The molecule has 0 nitrogen and oxygen atoms in total. The lowest BCUT2D eigenvalue weighted by molar-refractivity contribution is 0.450. The van der Waals surface area contributed by atoms with Crippen LogP contribution in [0.25, 0.3) is 16.6 Å². The standard InChI is InChI=1S/C19H5F8/c20-9-4-3-7-12(18(26)19(27)13(7)15(9)23)8-2-1-6-5-10(21)16(24)17(25)11(6)14(8)22/h1-4,12H. The van der Waals surface area contributed by atoms with Crippen molar-refractivity contribution in [2.24, 2.45) is 0 Å². The van der Waals surface area contributed by atoms with Gasteiger partial charge in [0.15, 0.2) is 34.9 Å². The zero-order chi connectivity index (χ0) is 19.6. The first-order chi connectivity index (χ1) is 12.7. The molecular weight excluding hydrogens is 380 g/mol. The molecule has 1 aliphatic carbocycles. The van der Waals surface area contributed by atoms with Gasteiger partial charge in [0.1, 0.15) is 11.6 Å². The van der Waals surface area contributed by atoms with E-state index in [1.165, 1.54) is 0 Å². The minimum atomic E-state index is -1.99. The predicted octanol–water partition coefficient (Wildman–Crippen LogP) is 6.23. The number of rotatable bonds is 1. The van der Waals surface area contributed by atoms with E-state index in [-0.39, 0.29) is 0 Å².